The number of rotatable bonds is 1. The highest BCUT2D eigenvalue weighted by Crippen LogP contribution is 2.16. The number of hydrogen-bond donors (Lipinski definition) is 0. The molecule has 0 aromatic carbocycles. The molecule has 1 rings (SSSR count). The molecule has 0 spiro atoms. The molecule has 1 saturated heterocycles. The number of ether oxygens (including phenoxy) is 2. The van der Waals surface area contributed by atoms with E-state index in [1.807, 2.05) is 20.8 Å². The highest BCUT2D eigenvalue weighted by Gasteiger charge is 2.22. The van der Waals surface area contributed by atoms with E-state index in [2.05, 4.69) is 0 Å². The smallest absolute Gasteiger partial charge is 0.0837 e. The lowest BCUT2D eigenvalue weighted by molar-refractivity contribution is -0.0605. The molecule has 1 fully saturated rings. The van der Waals surface area contributed by atoms with Crippen LogP contribution in [0.4, 0.5) is 0 Å². The molecular weight excluding hydrogens is 128 g/mol. The van der Waals surface area contributed by atoms with Crippen molar-refractivity contribution in [2.45, 2.75) is 38.9 Å². The minimum absolute atomic E-state index is 0.00271. The van der Waals surface area contributed by atoms with Gasteiger partial charge in [-0.3, -0.25) is 0 Å². The Bertz CT molecular complexity index is 200. The van der Waals surface area contributed by atoms with Gasteiger partial charge in [0.25, 0.3) is 0 Å². The molecule has 1 aliphatic rings. The van der Waals surface area contributed by atoms with Gasteiger partial charge in [0.1, 0.15) is 0 Å². The second-order valence-electron chi connectivity index (χ2n) is 3.36. The first-order valence-corrected chi connectivity index (χ1v) is 3.46. The second kappa shape index (κ2) is 2.89. The lowest BCUT2D eigenvalue weighted by Crippen LogP contribution is -2.27. The summed E-state index contributed by atoms with van der Waals surface area (Å²) >= 11 is 0. The minimum atomic E-state index is -1.72. The van der Waals surface area contributed by atoms with Gasteiger partial charge in [0, 0.05) is 6.56 Å². The maximum Gasteiger partial charge on any atom is 0.0837 e. The molecular formula is C8H16O2. The first kappa shape index (κ1) is 4.73. The maximum atomic E-state index is 7.80. The molecule has 1 aliphatic heterocycles. The molecule has 0 aliphatic carbocycles. The van der Waals surface area contributed by atoms with Gasteiger partial charge in [-0.1, -0.05) is 0 Å². The topological polar surface area (TPSA) is 18.5 Å². The highest BCUT2D eigenvalue weighted by atomic mass is 16.6. The van der Waals surface area contributed by atoms with Crippen molar-refractivity contribution in [3.8, 4) is 0 Å². The van der Waals surface area contributed by atoms with Crippen LogP contribution >= 0.6 is 0 Å². The van der Waals surface area contributed by atoms with E-state index in [0.717, 1.165) is 0 Å². The predicted octanol–water partition coefficient (Wildman–Crippen LogP) is 1.59. The fourth-order valence-electron chi connectivity index (χ4n) is 0.813. The molecule has 0 amide bonds. The Kier molecular flexibility index (Phi) is 1.37. The van der Waals surface area contributed by atoms with Crippen LogP contribution in [0.25, 0.3) is 0 Å². The van der Waals surface area contributed by atoms with E-state index in [1.54, 1.807) is 0 Å². The number of hydrogen-bond acceptors (Lipinski definition) is 2. The molecule has 0 bridgehead atoms. The molecule has 10 heavy (non-hydrogen) atoms. The minimum Gasteiger partial charge on any atom is -0.379 e. The van der Waals surface area contributed by atoms with Crippen LogP contribution in [0, 0.1) is 0 Å². The fraction of sp³-hybridized carbons (Fsp3) is 1.00. The van der Waals surface area contributed by atoms with Crippen LogP contribution in [-0.2, 0) is 9.47 Å². The van der Waals surface area contributed by atoms with Gasteiger partial charge in [0.2, 0.25) is 0 Å². The SMILES string of the molecule is [2H]C1([2H])CC([2H])(OC(C)(C)C)CO1. The van der Waals surface area contributed by atoms with Crippen LogP contribution in [0.5, 0.6) is 0 Å². The fourth-order valence-corrected chi connectivity index (χ4v) is 0.813. The van der Waals surface area contributed by atoms with Gasteiger partial charge in [-0.15, -0.1) is 0 Å². The monoisotopic (exact) mass is 147 g/mol. The van der Waals surface area contributed by atoms with Crippen LogP contribution in [0.15, 0.2) is 0 Å². The zero-order valence-electron chi connectivity index (χ0n) is 9.73. The van der Waals surface area contributed by atoms with Crippen molar-refractivity contribution >= 4 is 0 Å². The van der Waals surface area contributed by atoms with Crippen LogP contribution < -0.4 is 0 Å². The Labute approximate surface area is 66.7 Å². The molecule has 1 heterocycles. The van der Waals surface area contributed by atoms with Gasteiger partial charge in [0.05, 0.1) is 22.4 Å². The van der Waals surface area contributed by atoms with E-state index in [-0.39, 0.29) is 13.0 Å². The van der Waals surface area contributed by atoms with Crippen molar-refractivity contribution in [1.29, 1.82) is 0 Å². The van der Waals surface area contributed by atoms with E-state index < -0.39 is 18.2 Å². The molecule has 2 nitrogen and oxygen atoms in total. The Hall–Kier alpha value is -0.0800. The van der Waals surface area contributed by atoms with E-state index in [9.17, 15) is 0 Å². The summed E-state index contributed by atoms with van der Waals surface area (Å²) in [6, 6.07) is 0. The van der Waals surface area contributed by atoms with Crippen LogP contribution in [-0.4, -0.2) is 24.8 Å². The first-order chi connectivity index (χ1) is 5.62. The van der Waals surface area contributed by atoms with Crippen LogP contribution in [0.3, 0.4) is 0 Å². The summed E-state index contributed by atoms with van der Waals surface area (Å²) in [5, 5.41) is 0. The Balaban J connectivity index is 2.60. The zero-order valence-corrected chi connectivity index (χ0v) is 6.73. The summed E-state index contributed by atoms with van der Waals surface area (Å²) in [6.45, 7) is 3.82. The van der Waals surface area contributed by atoms with Crippen LogP contribution in [0.1, 0.15) is 31.3 Å². The van der Waals surface area contributed by atoms with Gasteiger partial charge in [-0.05, 0) is 27.2 Å². The maximum absolute atomic E-state index is 7.80. The summed E-state index contributed by atoms with van der Waals surface area (Å²) in [6.07, 6.45) is -1.26. The average Bonchev–Trinajstić information content (AvgIpc) is 2.00. The second-order valence-corrected chi connectivity index (χ2v) is 3.36. The summed E-state index contributed by atoms with van der Waals surface area (Å²) in [5.41, 5.74) is -0.439. The molecule has 0 radical (unpaired) electrons. The van der Waals surface area contributed by atoms with Gasteiger partial charge < -0.3 is 9.47 Å². The third-order valence-electron chi connectivity index (χ3n) is 1.06. The van der Waals surface area contributed by atoms with Crippen LogP contribution in [0.2, 0.25) is 0 Å². The molecule has 0 saturated carbocycles. The standard InChI is InChI=1S/C8H16O2/c1-8(2,3)10-7-4-5-9-6-7/h7H,4-6H2,1-3H3/i5D2,7D. The van der Waals surface area contributed by atoms with E-state index in [4.69, 9.17) is 13.6 Å². The quantitative estimate of drug-likeness (QED) is 0.560. The predicted molar refractivity (Wildman–Crippen MR) is 40.1 cm³/mol. The van der Waals surface area contributed by atoms with Gasteiger partial charge >= 0.3 is 0 Å². The molecule has 1 unspecified atom stereocenters. The zero-order chi connectivity index (χ0) is 10.3. The molecule has 0 aromatic heterocycles. The highest BCUT2D eigenvalue weighted by molar-refractivity contribution is 4.69. The summed E-state index contributed by atoms with van der Waals surface area (Å²) in [7, 11) is 0. The third kappa shape index (κ3) is 2.67. The van der Waals surface area contributed by atoms with Crippen molar-refractivity contribution in [2.75, 3.05) is 13.2 Å². The summed E-state index contributed by atoms with van der Waals surface area (Å²) in [4.78, 5) is 0. The Morgan fingerprint density at radius 1 is 1.70 bits per heavy atom. The Morgan fingerprint density at radius 2 is 2.40 bits per heavy atom. The normalized spacial score (nSPS) is 44.1. The molecule has 0 aromatic rings. The Morgan fingerprint density at radius 3 is 2.80 bits per heavy atom. The third-order valence-corrected chi connectivity index (χ3v) is 1.06. The molecule has 60 valence electrons. The van der Waals surface area contributed by atoms with Crippen molar-refractivity contribution in [2.24, 2.45) is 0 Å². The van der Waals surface area contributed by atoms with Crippen molar-refractivity contribution in [3.05, 3.63) is 0 Å². The summed E-state index contributed by atoms with van der Waals surface area (Å²) in [5.74, 6) is 0. The van der Waals surface area contributed by atoms with E-state index in [0.29, 0.717) is 0 Å². The lowest BCUT2D eigenvalue weighted by Gasteiger charge is -2.23. The van der Waals surface area contributed by atoms with E-state index in [1.165, 1.54) is 0 Å². The van der Waals surface area contributed by atoms with Crippen molar-refractivity contribution in [3.63, 3.8) is 0 Å². The van der Waals surface area contributed by atoms with Gasteiger partial charge in [-0.2, -0.15) is 0 Å². The van der Waals surface area contributed by atoms with Gasteiger partial charge in [0.15, 0.2) is 0 Å². The summed E-state index contributed by atoms with van der Waals surface area (Å²) < 4.78 is 32.6. The molecule has 2 heteroatoms. The van der Waals surface area contributed by atoms with E-state index >= 15 is 0 Å². The lowest BCUT2D eigenvalue weighted by atomic mass is 10.2. The largest absolute Gasteiger partial charge is 0.379 e. The first-order valence-electron chi connectivity index (χ1n) is 4.96. The van der Waals surface area contributed by atoms with Crippen molar-refractivity contribution in [1.82, 2.24) is 0 Å². The average molecular weight is 147 g/mol. The van der Waals surface area contributed by atoms with Gasteiger partial charge in [-0.25, -0.2) is 0 Å². The molecule has 1 atom stereocenters. The van der Waals surface area contributed by atoms with Crippen molar-refractivity contribution < 1.29 is 13.6 Å². The molecule has 0 N–H and O–H groups in total.